The molecule has 6 nitrogen and oxygen atoms in total. The lowest BCUT2D eigenvalue weighted by atomic mass is 10.1. The van der Waals surface area contributed by atoms with E-state index in [1.54, 1.807) is 16.2 Å². The van der Waals surface area contributed by atoms with E-state index in [1.807, 2.05) is 37.0 Å². The number of thiophene rings is 1. The van der Waals surface area contributed by atoms with Gasteiger partial charge < -0.3 is 10.2 Å². The Morgan fingerprint density at radius 2 is 2.17 bits per heavy atom. The molecule has 8 heteroatoms. The molecule has 0 spiro atoms. The van der Waals surface area contributed by atoms with Gasteiger partial charge in [-0.3, -0.25) is 4.79 Å². The molecule has 0 radical (unpaired) electrons. The number of nitrogens with one attached hydrogen (secondary N) is 1. The Hall–Kier alpha value is -1.44. The van der Waals surface area contributed by atoms with Crippen molar-refractivity contribution >= 4 is 29.7 Å². The van der Waals surface area contributed by atoms with Gasteiger partial charge in [0, 0.05) is 11.9 Å². The summed E-state index contributed by atoms with van der Waals surface area (Å²) in [6.45, 7) is 5.96. The number of amides is 1. The Bertz CT molecular complexity index is 666. The summed E-state index contributed by atoms with van der Waals surface area (Å²) in [4.78, 5) is 15.7. The number of rotatable bonds is 4. The van der Waals surface area contributed by atoms with Crippen LogP contribution in [0.4, 0.5) is 0 Å². The lowest BCUT2D eigenvalue weighted by Gasteiger charge is -2.24. The number of aromatic nitrogens is 3. The second-order valence-electron chi connectivity index (χ2n) is 6.06. The quantitative estimate of drug-likeness (QED) is 0.900. The van der Waals surface area contributed by atoms with Crippen molar-refractivity contribution in [1.29, 1.82) is 0 Å². The minimum absolute atomic E-state index is 0. The fourth-order valence-electron chi connectivity index (χ4n) is 3.00. The first-order chi connectivity index (χ1) is 11.1. The first-order valence-corrected chi connectivity index (χ1v) is 8.90. The molecule has 1 fully saturated rings. The van der Waals surface area contributed by atoms with Crippen molar-refractivity contribution < 1.29 is 4.79 Å². The van der Waals surface area contributed by atoms with Crippen LogP contribution in [0.1, 0.15) is 52.9 Å². The van der Waals surface area contributed by atoms with E-state index in [9.17, 15) is 4.79 Å². The van der Waals surface area contributed by atoms with E-state index in [4.69, 9.17) is 0 Å². The summed E-state index contributed by atoms with van der Waals surface area (Å²) in [7, 11) is 1.83. The molecule has 0 aliphatic carbocycles. The predicted octanol–water partition coefficient (Wildman–Crippen LogP) is 2.83. The van der Waals surface area contributed by atoms with Crippen LogP contribution in [0.2, 0.25) is 0 Å². The number of hydrogen-bond acceptors (Lipinski definition) is 5. The van der Waals surface area contributed by atoms with Crippen molar-refractivity contribution in [3.8, 4) is 0 Å². The average molecular weight is 370 g/mol. The van der Waals surface area contributed by atoms with Gasteiger partial charge in [0.25, 0.3) is 5.91 Å². The van der Waals surface area contributed by atoms with Crippen molar-refractivity contribution in [2.24, 2.45) is 0 Å². The van der Waals surface area contributed by atoms with Gasteiger partial charge >= 0.3 is 0 Å². The molecule has 1 unspecified atom stereocenters. The number of carbonyl (C=O) groups excluding carboxylic acids is 1. The molecule has 2 aromatic rings. The standard InChI is InChI=1S/C16H23N5OS.ClH/c1-11(14-5-4-10-23-14)20(3)16(22)15-12(2)21(19-18-15)13-6-8-17-9-7-13;/h4-5,10-11,13,17H,6-9H2,1-3H3;1H. The maximum Gasteiger partial charge on any atom is 0.276 e. The first-order valence-electron chi connectivity index (χ1n) is 8.02. The maximum absolute atomic E-state index is 12.8. The first kappa shape index (κ1) is 18.9. The summed E-state index contributed by atoms with van der Waals surface area (Å²) in [5, 5.41) is 13.8. The predicted molar refractivity (Wildman–Crippen MR) is 98.0 cm³/mol. The summed E-state index contributed by atoms with van der Waals surface area (Å²) in [5.74, 6) is -0.0661. The lowest BCUT2D eigenvalue weighted by molar-refractivity contribution is 0.0738. The van der Waals surface area contributed by atoms with Gasteiger partial charge in [0.15, 0.2) is 5.69 Å². The summed E-state index contributed by atoms with van der Waals surface area (Å²) < 4.78 is 1.93. The highest BCUT2D eigenvalue weighted by Crippen LogP contribution is 2.26. The zero-order chi connectivity index (χ0) is 16.4. The second-order valence-corrected chi connectivity index (χ2v) is 7.04. The van der Waals surface area contributed by atoms with Crippen LogP contribution in [-0.2, 0) is 0 Å². The number of hydrogen-bond donors (Lipinski definition) is 1. The van der Waals surface area contributed by atoms with Crippen molar-refractivity contribution in [3.63, 3.8) is 0 Å². The van der Waals surface area contributed by atoms with Crippen LogP contribution < -0.4 is 5.32 Å². The third-order valence-corrected chi connectivity index (χ3v) is 5.68. The molecular weight excluding hydrogens is 346 g/mol. The number of piperidine rings is 1. The Labute approximate surface area is 152 Å². The van der Waals surface area contributed by atoms with Gasteiger partial charge in [-0.25, -0.2) is 4.68 Å². The fourth-order valence-corrected chi connectivity index (χ4v) is 3.83. The van der Waals surface area contributed by atoms with Gasteiger partial charge in [-0.15, -0.1) is 28.8 Å². The minimum atomic E-state index is -0.0661. The van der Waals surface area contributed by atoms with Crippen LogP contribution in [0.25, 0.3) is 0 Å². The smallest absolute Gasteiger partial charge is 0.276 e. The van der Waals surface area contributed by atoms with Crippen LogP contribution in [0.15, 0.2) is 17.5 Å². The molecular formula is C16H24ClN5OS. The Kier molecular flexibility index (Phi) is 6.37. The number of nitrogens with zero attached hydrogens (tertiary/aromatic N) is 4. The van der Waals surface area contributed by atoms with E-state index in [2.05, 4.69) is 21.7 Å². The second kappa shape index (κ2) is 8.09. The summed E-state index contributed by atoms with van der Waals surface area (Å²) in [5.41, 5.74) is 1.33. The molecule has 0 aromatic carbocycles. The fraction of sp³-hybridized carbons (Fsp3) is 0.562. The lowest BCUT2D eigenvalue weighted by Crippen LogP contribution is -2.31. The van der Waals surface area contributed by atoms with Gasteiger partial charge in [0.2, 0.25) is 0 Å². The highest BCUT2D eigenvalue weighted by Gasteiger charge is 2.27. The molecule has 1 aliphatic rings. The summed E-state index contributed by atoms with van der Waals surface area (Å²) in [6, 6.07) is 4.43. The third kappa shape index (κ3) is 3.63. The molecule has 1 atom stereocenters. The third-order valence-electron chi connectivity index (χ3n) is 4.64. The SMILES string of the molecule is Cc1c(C(=O)N(C)C(C)c2cccs2)nnn1C1CCNCC1.Cl. The minimum Gasteiger partial charge on any atom is -0.333 e. The number of carbonyl (C=O) groups is 1. The van der Waals surface area contributed by atoms with Crippen LogP contribution in [0, 0.1) is 6.92 Å². The van der Waals surface area contributed by atoms with Crippen LogP contribution in [0.3, 0.4) is 0 Å². The van der Waals surface area contributed by atoms with Gasteiger partial charge in [0.05, 0.1) is 17.8 Å². The monoisotopic (exact) mass is 369 g/mol. The van der Waals surface area contributed by atoms with Crippen LogP contribution in [0.5, 0.6) is 0 Å². The summed E-state index contributed by atoms with van der Waals surface area (Å²) in [6.07, 6.45) is 2.05. The van der Waals surface area contributed by atoms with E-state index in [0.717, 1.165) is 31.6 Å². The van der Waals surface area contributed by atoms with Crippen molar-refractivity contribution in [2.45, 2.75) is 38.8 Å². The van der Waals surface area contributed by atoms with Crippen molar-refractivity contribution in [3.05, 3.63) is 33.8 Å². The largest absolute Gasteiger partial charge is 0.333 e. The molecule has 0 bridgehead atoms. The van der Waals surface area contributed by atoms with Crippen molar-refractivity contribution in [1.82, 2.24) is 25.2 Å². The molecule has 2 aromatic heterocycles. The van der Waals surface area contributed by atoms with Gasteiger partial charge in [-0.1, -0.05) is 11.3 Å². The zero-order valence-electron chi connectivity index (χ0n) is 14.2. The van der Waals surface area contributed by atoms with Crippen LogP contribution in [-0.4, -0.2) is 45.9 Å². The highest BCUT2D eigenvalue weighted by atomic mass is 35.5. The van der Waals surface area contributed by atoms with Crippen molar-refractivity contribution in [2.75, 3.05) is 20.1 Å². The number of halogens is 1. The average Bonchev–Trinajstić information content (AvgIpc) is 3.23. The Balaban J connectivity index is 0.00000208. The molecule has 0 saturated carbocycles. The molecule has 132 valence electrons. The van der Waals surface area contributed by atoms with Crippen LogP contribution >= 0.6 is 23.7 Å². The van der Waals surface area contributed by atoms with Gasteiger partial charge in [-0.2, -0.15) is 0 Å². The normalized spacial score (nSPS) is 16.5. The van der Waals surface area contributed by atoms with E-state index in [1.165, 1.54) is 4.88 Å². The van der Waals surface area contributed by atoms with E-state index in [0.29, 0.717) is 11.7 Å². The molecule has 1 saturated heterocycles. The summed E-state index contributed by atoms with van der Waals surface area (Å²) >= 11 is 1.66. The zero-order valence-corrected chi connectivity index (χ0v) is 15.9. The molecule has 1 N–H and O–H groups in total. The topological polar surface area (TPSA) is 63.1 Å². The van der Waals surface area contributed by atoms with E-state index < -0.39 is 0 Å². The van der Waals surface area contributed by atoms with E-state index >= 15 is 0 Å². The Morgan fingerprint density at radius 1 is 1.46 bits per heavy atom. The maximum atomic E-state index is 12.8. The van der Waals surface area contributed by atoms with Gasteiger partial charge in [0.1, 0.15) is 0 Å². The molecule has 1 aliphatic heterocycles. The van der Waals surface area contributed by atoms with Gasteiger partial charge in [-0.05, 0) is 51.2 Å². The Morgan fingerprint density at radius 3 is 2.79 bits per heavy atom. The highest BCUT2D eigenvalue weighted by molar-refractivity contribution is 7.10. The van der Waals surface area contributed by atoms with E-state index in [-0.39, 0.29) is 24.4 Å². The molecule has 3 rings (SSSR count). The molecule has 3 heterocycles. The molecule has 24 heavy (non-hydrogen) atoms. The molecule has 1 amide bonds.